The number of hydrogen-bond donors (Lipinski definition) is 0. The molecule has 8 nitrogen and oxygen atoms in total. The number of aromatic nitrogens is 6. The summed E-state index contributed by atoms with van der Waals surface area (Å²) in [6.45, 7) is 1.92. The van der Waals surface area contributed by atoms with Crippen LogP contribution in [0.25, 0.3) is 23.0 Å². The van der Waals surface area contributed by atoms with Crippen molar-refractivity contribution >= 4 is 11.8 Å². The number of rotatable bonds is 5. The fourth-order valence-electron chi connectivity index (χ4n) is 2.29. The zero-order valence-electron chi connectivity index (χ0n) is 13.6. The molecule has 0 bridgehead atoms. The summed E-state index contributed by atoms with van der Waals surface area (Å²) in [4.78, 5) is 4.16. The summed E-state index contributed by atoms with van der Waals surface area (Å²) in [6, 6.07) is 7.41. The van der Waals surface area contributed by atoms with Gasteiger partial charge < -0.3 is 13.4 Å². The summed E-state index contributed by atoms with van der Waals surface area (Å²) in [5.41, 5.74) is 1.76. The number of furan rings is 1. The molecule has 0 saturated heterocycles. The topological polar surface area (TPSA) is 95.7 Å². The highest BCUT2D eigenvalue weighted by molar-refractivity contribution is 7.98. The molecule has 0 aliphatic carbocycles. The highest BCUT2D eigenvalue weighted by Gasteiger charge is 2.15. The second kappa shape index (κ2) is 6.52. The van der Waals surface area contributed by atoms with Gasteiger partial charge in [0.1, 0.15) is 0 Å². The molecule has 0 saturated carbocycles. The van der Waals surface area contributed by atoms with Crippen LogP contribution in [-0.4, -0.2) is 29.9 Å². The Kier molecular flexibility index (Phi) is 4.06. The summed E-state index contributed by atoms with van der Waals surface area (Å²) in [6.07, 6.45) is 3.33. The van der Waals surface area contributed by atoms with E-state index >= 15 is 0 Å². The van der Waals surface area contributed by atoms with Gasteiger partial charge in [0.25, 0.3) is 0 Å². The lowest BCUT2D eigenvalue weighted by atomic mass is 10.2. The molecule has 0 N–H and O–H groups in total. The molecular weight excluding hydrogens is 340 g/mol. The van der Waals surface area contributed by atoms with Crippen LogP contribution in [0.3, 0.4) is 0 Å². The van der Waals surface area contributed by atoms with Gasteiger partial charge in [0.05, 0.1) is 12.0 Å². The molecule has 0 atom stereocenters. The summed E-state index contributed by atoms with van der Waals surface area (Å²) in [7, 11) is 1.89. The molecule has 25 heavy (non-hydrogen) atoms. The van der Waals surface area contributed by atoms with Crippen LogP contribution in [0.15, 0.2) is 50.7 Å². The van der Waals surface area contributed by atoms with Crippen LogP contribution < -0.4 is 0 Å². The van der Waals surface area contributed by atoms with Crippen molar-refractivity contribution in [2.75, 3.05) is 0 Å². The second-order valence-electron chi connectivity index (χ2n) is 5.32. The zero-order valence-corrected chi connectivity index (χ0v) is 14.4. The lowest BCUT2D eigenvalue weighted by molar-refractivity contribution is 0.528. The van der Waals surface area contributed by atoms with Crippen LogP contribution in [0.1, 0.15) is 11.6 Å². The minimum absolute atomic E-state index is 0.482. The number of pyridine rings is 1. The van der Waals surface area contributed by atoms with Gasteiger partial charge in [-0.3, -0.25) is 4.98 Å². The third kappa shape index (κ3) is 3.18. The molecule has 0 radical (unpaired) electrons. The van der Waals surface area contributed by atoms with Crippen molar-refractivity contribution in [3.05, 3.63) is 48.3 Å². The maximum absolute atomic E-state index is 5.72. The molecule has 126 valence electrons. The van der Waals surface area contributed by atoms with E-state index in [1.165, 1.54) is 11.8 Å². The maximum Gasteiger partial charge on any atom is 0.247 e. The van der Waals surface area contributed by atoms with E-state index < -0.39 is 0 Å². The predicted octanol–water partition coefficient (Wildman–Crippen LogP) is 3.12. The van der Waals surface area contributed by atoms with E-state index in [4.69, 9.17) is 8.83 Å². The third-order valence-corrected chi connectivity index (χ3v) is 4.52. The first-order valence-corrected chi connectivity index (χ1v) is 8.51. The largest absolute Gasteiger partial charge is 0.461 e. The predicted molar refractivity (Wildman–Crippen MR) is 90.5 cm³/mol. The summed E-state index contributed by atoms with van der Waals surface area (Å²) in [5, 5.41) is 17.3. The van der Waals surface area contributed by atoms with Crippen molar-refractivity contribution in [3.8, 4) is 23.0 Å². The molecule has 4 aromatic rings. The number of thioether (sulfide) groups is 1. The van der Waals surface area contributed by atoms with E-state index in [2.05, 4.69) is 25.4 Å². The minimum atomic E-state index is 0.482. The van der Waals surface area contributed by atoms with E-state index in [-0.39, 0.29) is 0 Å². The summed E-state index contributed by atoms with van der Waals surface area (Å²) < 4.78 is 12.9. The van der Waals surface area contributed by atoms with Gasteiger partial charge in [-0.25, -0.2) is 0 Å². The normalized spacial score (nSPS) is 11.1. The summed E-state index contributed by atoms with van der Waals surface area (Å²) in [5.74, 6) is 2.86. The highest BCUT2D eigenvalue weighted by Crippen LogP contribution is 2.26. The fourth-order valence-corrected chi connectivity index (χ4v) is 3.04. The molecule has 9 heteroatoms. The average molecular weight is 354 g/mol. The Morgan fingerprint density at radius 2 is 2.08 bits per heavy atom. The van der Waals surface area contributed by atoms with Gasteiger partial charge in [-0.1, -0.05) is 11.8 Å². The van der Waals surface area contributed by atoms with Gasteiger partial charge in [-0.2, -0.15) is 0 Å². The smallest absolute Gasteiger partial charge is 0.247 e. The first-order valence-electron chi connectivity index (χ1n) is 7.52. The quantitative estimate of drug-likeness (QED) is 0.504. The van der Waals surface area contributed by atoms with Crippen LogP contribution in [0, 0.1) is 6.92 Å². The molecule has 0 unspecified atom stereocenters. The van der Waals surface area contributed by atoms with Crippen molar-refractivity contribution in [1.29, 1.82) is 0 Å². The van der Waals surface area contributed by atoms with Crippen LogP contribution in [-0.2, 0) is 12.8 Å². The molecule has 0 aromatic carbocycles. The molecule has 0 fully saturated rings. The van der Waals surface area contributed by atoms with Gasteiger partial charge in [0, 0.05) is 24.5 Å². The lowest BCUT2D eigenvalue weighted by Crippen LogP contribution is -1.94. The highest BCUT2D eigenvalue weighted by atomic mass is 32.2. The van der Waals surface area contributed by atoms with Gasteiger partial charge in [-0.15, -0.1) is 20.4 Å². The molecule has 4 heterocycles. The summed E-state index contributed by atoms with van der Waals surface area (Å²) >= 11 is 1.47. The molecule has 0 amide bonds. The Morgan fingerprint density at radius 3 is 2.88 bits per heavy atom. The third-order valence-electron chi connectivity index (χ3n) is 3.51. The van der Waals surface area contributed by atoms with Gasteiger partial charge in [0.2, 0.25) is 11.8 Å². The van der Waals surface area contributed by atoms with E-state index in [1.54, 1.807) is 12.5 Å². The number of hydrogen-bond acceptors (Lipinski definition) is 8. The van der Waals surface area contributed by atoms with Crippen molar-refractivity contribution in [2.24, 2.45) is 7.05 Å². The Bertz CT molecular complexity index is 992. The van der Waals surface area contributed by atoms with E-state index in [1.807, 2.05) is 42.8 Å². The molecule has 0 aliphatic rings. The molecule has 4 rings (SSSR count). The van der Waals surface area contributed by atoms with Crippen molar-refractivity contribution < 1.29 is 8.83 Å². The van der Waals surface area contributed by atoms with Crippen molar-refractivity contribution in [3.63, 3.8) is 0 Å². The van der Waals surface area contributed by atoms with Gasteiger partial charge >= 0.3 is 0 Å². The van der Waals surface area contributed by atoms with Crippen LogP contribution >= 0.6 is 11.8 Å². The Labute approximate surface area is 147 Å². The standard InChI is InChI=1S/C16H14N6O2S/c1-10-8-11(5-6-17-10)15-20-18-13(24-15)9-25-16-21-19-14(22(16)2)12-4-3-7-23-12/h3-8H,9H2,1-2H3. The van der Waals surface area contributed by atoms with Crippen molar-refractivity contribution in [1.82, 2.24) is 29.9 Å². The minimum Gasteiger partial charge on any atom is -0.461 e. The maximum atomic E-state index is 5.72. The average Bonchev–Trinajstić information content (AvgIpc) is 3.34. The number of aryl methyl sites for hydroxylation is 1. The monoisotopic (exact) mass is 354 g/mol. The van der Waals surface area contributed by atoms with E-state index in [0.717, 1.165) is 16.4 Å². The first kappa shape index (κ1) is 15.6. The lowest BCUT2D eigenvalue weighted by Gasteiger charge is -2.00. The number of nitrogens with zero attached hydrogens (tertiary/aromatic N) is 6. The molecule has 0 aliphatic heterocycles. The molecule has 0 spiro atoms. The van der Waals surface area contributed by atoms with E-state index in [9.17, 15) is 0 Å². The fraction of sp³-hybridized carbons (Fsp3) is 0.188. The molecule has 4 aromatic heterocycles. The first-order chi connectivity index (χ1) is 12.2. The zero-order chi connectivity index (χ0) is 17.2. The van der Waals surface area contributed by atoms with E-state index in [0.29, 0.717) is 29.1 Å². The Balaban J connectivity index is 1.48. The van der Waals surface area contributed by atoms with Gasteiger partial charge in [-0.05, 0) is 31.2 Å². The van der Waals surface area contributed by atoms with Crippen molar-refractivity contribution in [2.45, 2.75) is 17.8 Å². The molecular formula is C16H14N6O2S. The van der Waals surface area contributed by atoms with Crippen LogP contribution in [0.4, 0.5) is 0 Å². The SMILES string of the molecule is Cc1cc(-c2nnc(CSc3nnc(-c4ccco4)n3C)o2)ccn1. The van der Waals surface area contributed by atoms with Crippen LogP contribution in [0.5, 0.6) is 0 Å². The van der Waals surface area contributed by atoms with Gasteiger partial charge in [0.15, 0.2) is 16.7 Å². The van der Waals surface area contributed by atoms with Crippen LogP contribution in [0.2, 0.25) is 0 Å². The Hall–Kier alpha value is -2.94. The second-order valence-corrected chi connectivity index (χ2v) is 6.26. The Morgan fingerprint density at radius 1 is 1.16 bits per heavy atom.